The largest absolute Gasteiger partial charge is 0.135 e. The van der Waals surface area contributed by atoms with Gasteiger partial charge in [-0.1, -0.05) is 181 Å². The Labute approximate surface area is 348 Å². The number of fused-ring (bicyclic) bond motifs is 7. The molecule has 0 atom stereocenters. The Morgan fingerprint density at radius 3 is 1.42 bits per heavy atom. The molecule has 12 rings (SSSR count). The second-order valence-corrected chi connectivity index (χ2v) is 17.2. The summed E-state index contributed by atoms with van der Waals surface area (Å²) in [6.07, 6.45) is 0. The van der Waals surface area contributed by atoms with Gasteiger partial charge in [0.15, 0.2) is 0 Å². The molecule has 0 bridgehead atoms. The third-order valence-electron chi connectivity index (χ3n) is 12.6. The van der Waals surface area contributed by atoms with Crippen LogP contribution < -0.4 is 0 Å². The van der Waals surface area contributed by atoms with E-state index in [9.17, 15) is 0 Å². The molecule has 0 unspecified atom stereocenters. The fraction of sp³-hybridized carbons (Fsp3) is 0.0345. The van der Waals surface area contributed by atoms with Crippen molar-refractivity contribution >= 4 is 53.1 Å². The second kappa shape index (κ2) is 13.2. The predicted molar refractivity (Wildman–Crippen MR) is 255 cm³/mol. The van der Waals surface area contributed by atoms with E-state index in [2.05, 4.69) is 208 Å². The Balaban J connectivity index is 1.17. The molecule has 0 nitrogen and oxygen atoms in total. The van der Waals surface area contributed by atoms with Gasteiger partial charge in [0.25, 0.3) is 0 Å². The summed E-state index contributed by atoms with van der Waals surface area (Å²) < 4.78 is 2.64. The standard InChI is InChI=1S/C58H38S/c1-35-20-24-37(25-21-35)41-28-31-52-49(32-41)51-34-42(38-26-22-36(2)23-27-38)33-50(58(51)59-52)43-29-30-48-55-44(43)18-11-19-47(55)56-53(39-12-5-3-6-13-39)45-16-9-10-17-46(45)54(57(48)56)40-14-7-4-8-15-40/h3-34H,1-2H3. The number of aryl methyl sites for hydroxylation is 2. The van der Waals surface area contributed by atoms with Crippen LogP contribution in [0.15, 0.2) is 194 Å². The first-order chi connectivity index (χ1) is 29.1. The zero-order chi connectivity index (χ0) is 39.2. The monoisotopic (exact) mass is 766 g/mol. The predicted octanol–water partition coefficient (Wildman–Crippen LogP) is 17.0. The maximum absolute atomic E-state index is 2.45. The van der Waals surface area contributed by atoms with Crippen LogP contribution in [0.2, 0.25) is 0 Å². The zero-order valence-corrected chi connectivity index (χ0v) is 33.7. The fourth-order valence-corrected chi connectivity index (χ4v) is 11.0. The van der Waals surface area contributed by atoms with Gasteiger partial charge in [-0.05, 0) is 132 Å². The van der Waals surface area contributed by atoms with Crippen LogP contribution in [0.25, 0.3) is 120 Å². The average Bonchev–Trinajstić information content (AvgIpc) is 3.82. The van der Waals surface area contributed by atoms with Crippen LogP contribution in [-0.4, -0.2) is 0 Å². The van der Waals surface area contributed by atoms with Crippen molar-refractivity contribution in [3.05, 3.63) is 205 Å². The van der Waals surface area contributed by atoms with E-state index in [1.165, 1.54) is 131 Å². The lowest BCUT2D eigenvalue weighted by Crippen LogP contribution is -1.93. The quantitative estimate of drug-likeness (QED) is 0.164. The normalized spacial score (nSPS) is 11.9. The van der Waals surface area contributed by atoms with Crippen LogP contribution in [0.3, 0.4) is 0 Å². The van der Waals surface area contributed by atoms with E-state index < -0.39 is 0 Å². The van der Waals surface area contributed by atoms with Gasteiger partial charge in [0.2, 0.25) is 0 Å². The Hall–Kier alpha value is -7.06. The molecule has 0 amide bonds. The van der Waals surface area contributed by atoms with Gasteiger partial charge in [-0.25, -0.2) is 0 Å². The highest BCUT2D eigenvalue weighted by atomic mass is 32.1. The molecule has 1 heterocycles. The molecule has 10 aromatic carbocycles. The molecule has 59 heavy (non-hydrogen) atoms. The van der Waals surface area contributed by atoms with E-state index in [4.69, 9.17) is 0 Å². The summed E-state index contributed by atoms with van der Waals surface area (Å²) in [6, 6.07) is 72.7. The highest BCUT2D eigenvalue weighted by Gasteiger charge is 2.31. The average molecular weight is 767 g/mol. The molecule has 1 aliphatic rings. The molecule has 276 valence electrons. The van der Waals surface area contributed by atoms with E-state index in [-0.39, 0.29) is 0 Å². The van der Waals surface area contributed by atoms with Crippen molar-refractivity contribution in [3.63, 3.8) is 0 Å². The van der Waals surface area contributed by atoms with Crippen molar-refractivity contribution in [2.45, 2.75) is 13.8 Å². The molecule has 0 fully saturated rings. The Kier molecular flexibility index (Phi) is 7.64. The first-order valence-corrected chi connectivity index (χ1v) is 21.3. The van der Waals surface area contributed by atoms with Crippen molar-refractivity contribution in [3.8, 4) is 77.9 Å². The van der Waals surface area contributed by atoms with Crippen LogP contribution in [0.5, 0.6) is 0 Å². The van der Waals surface area contributed by atoms with Crippen molar-refractivity contribution in [1.29, 1.82) is 0 Å². The van der Waals surface area contributed by atoms with E-state index in [0.29, 0.717) is 0 Å². The van der Waals surface area contributed by atoms with Crippen LogP contribution in [0.4, 0.5) is 0 Å². The maximum atomic E-state index is 2.45. The molecular weight excluding hydrogens is 729 g/mol. The highest BCUT2D eigenvalue weighted by Crippen LogP contribution is 2.59. The van der Waals surface area contributed by atoms with Crippen molar-refractivity contribution in [2.75, 3.05) is 0 Å². The molecule has 1 aliphatic carbocycles. The summed E-state index contributed by atoms with van der Waals surface area (Å²) in [4.78, 5) is 0. The molecule has 0 saturated carbocycles. The molecule has 1 heteroatoms. The van der Waals surface area contributed by atoms with E-state index in [0.717, 1.165) is 0 Å². The summed E-state index contributed by atoms with van der Waals surface area (Å²) >= 11 is 1.92. The lowest BCUT2D eigenvalue weighted by Gasteiger charge is -2.20. The van der Waals surface area contributed by atoms with Crippen molar-refractivity contribution in [1.82, 2.24) is 0 Å². The second-order valence-electron chi connectivity index (χ2n) is 16.1. The molecule has 0 N–H and O–H groups in total. The van der Waals surface area contributed by atoms with Gasteiger partial charge in [-0.3, -0.25) is 0 Å². The third kappa shape index (κ3) is 5.28. The van der Waals surface area contributed by atoms with Gasteiger partial charge < -0.3 is 0 Å². The summed E-state index contributed by atoms with van der Waals surface area (Å²) in [6.45, 7) is 4.32. The number of hydrogen-bond donors (Lipinski definition) is 0. The van der Waals surface area contributed by atoms with Crippen LogP contribution in [0, 0.1) is 13.8 Å². The summed E-state index contributed by atoms with van der Waals surface area (Å²) in [5, 5.41) is 7.80. The summed E-state index contributed by atoms with van der Waals surface area (Å²) in [7, 11) is 0. The lowest BCUT2D eigenvalue weighted by molar-refractivity contribution is 1.47. The fourth-order valence-electron chi connectivity index (χ4n) is 9.76. The van der Waals surface area contributed by atoms with Gasteiger partial charge in [0, 0.05) is 25.7 Å². The Bertz CT molecular complexity index is 3370. The number of hydrogen-bond acceptors (Lipinski definition) is 1. The van der Waals surface area contributed by atoms with Gasteiger partial charge >= 0.3 is 0 Å². The van der Waals surface area contributed by atoms with Gasteiger partial charge in [0.1, 0.15) is 0 Å². The topological polar surface area (TPSA) is 0 Å². The molecule has 0 spiro atoms. The lowest BCUT2D eigenvalue weighted by atomic mass is 9.82. The van der Waals surface area contributed by atoms with Gasteiger partial charge in [-0.15, -0.1) is 11.3 Å². The SMILES string of the molecule is Cc1ccc(-c2ccc3sc4c(-c5ccc6c7c(cccc57)-c5c-6c(-c6ccccc6)c6ccccc6c5-c5ccccc5)cc(-c5ccc(C)cc5)cc4c3c2)cc1. The molecular formula is C58H38S. The first-order valence-electron chi connectivity index (χ1n) is 20.5. The summed E-state index contributed by atoms with van der Waals surface area (Å²) in [5.74, 6) is 0. The minimum absolute atomic E-state index is 1.23. The van der Waals surface area contributed by atoms with E-state index in [1.54, 1.807) is 0 Å². The highest BCUT2D eigenvalue weighted by molar-refractivity contribution is 7.26. The van der Waals surface area contributed by atoms with Crippen LogP contribution in [-0.2, 0) is 0 Å². The number of thiophene rings is 1. The van der Waals surface area contributed by atoms with E-state index in [1.807, 2.05) is 11.3 Å². The van der Waals surface area contributed by atoms with Crippen LogP contribution in [0.1, 0.15) is 11.1 Å². The van der Waals surface area contributed by atoms with Crippen LogP contribution >= 0.6 is 11.3 Å². The molecule has 0 saturated heterocycles. The smallest absolute Gasteiger partial charge is 0.0434 e. The Morgan fingerprint density at radius 1 is 0.288 bits per heavy atom. The van der Waals surface area contributed by atoms with E-state index >= 15 is 0 Å². The Morgan fingerprint density at radius 2 is 0.797 bits per heavy atom. The van der Waals surface area contributed by atoms with Gasteiger partial charge in [0.05, 0.1) is 0 Å². The number of rotatable bonds is 5. The number of benzene rings is 10. The molecule has 0 radical (unpaired) electrons. The minimum atomic E-state index is 1.23. The van der Waals surface area contributed by atoms with Crippen molar-refractivity contribution < 1.29 is 0 Å². The third-order valence-corrected chi connectivity index (χ3v) is 13.8. The van der Waals surface area contributed by atoms with Gasteiger partial charge in [-0.2, -0.15) is 0 Å². The minimum Gasteiger partial charge on any atom is -0.135 e. The molecule has 1 aromatic heterocycles. The summed E-state index contributed by atoms with van der Waals surface area (Å²) in [5.41, 5.74) is 20.4. The molecule has 11 aromatic rings. The van der Waals surface area contributed by atoms with Crippen molar-refractivity contribution in [2.24, 2.45) is 0 Å². The zero-order valence-electron chi connectivity index (χ0n) is 32.9. The maximum Gasteiger partial charge on any atom is 0.0434 e. The molecule has 0 aliphatic heterocycles. The first kappa shape index (κ1) is 34.0.